The molecular formula is C41H37N3. The van der Waals surface area contributed by atoms with Gasteiger partial charge in [0.05, 0.1) is 17.1 Å². The van der Waals surface area contributed by atoms with E-state index in [0.717, 1.165) is 35.5 Å². The Hall–Kier alpha value is -5.15. The second-order valence-electron chi connectivity index (χ2n) is 11.8. The van der Waals surface area contributed by atoms with Crippen molar-refractivity contribution in [2.24, 2.45) is 11.8 Å². The van der Waals surface area contributed by atoms with Crippen molar-refractivity contribution in [1.29, 1.82) is 0 Å². The van der Waals surface area contributed by atoms with Crippen LogP contribution >= 0.6 is 0 Å². The van der Waals surface area contributed by atoms with Gasteiger partial charge in [0, 0.05) is 35.3 Å². The topological polar surface area (TPSA) is 21.1 Å². The molecule has 44 heavy (non-hydrogen) atoms. The van der Waals surface area contributed by atoms with Crippen molar-refractivity contribution in [2.45, 2.75) is 19.4 Å². The minimum atomic E-state index is 0.195. The van der Waals surface area contributed by atoms with E-state index in [1.165, 1.54) is 33.6 Å². The summed E-state index contributed by atoms with van der Waals surface area (Å²) in [6.07, 6.45) is 23.4. The molecule has 3 nitrogen and oxygen atoms in total. The Morgan fingerprint density at radius 3 is 2.55 bits per heavy atom. The third-order valence-electron chi connectivity index (χ3n) is 8.96. The molecule has 0 bridgehead atoms. The van der Waals surface area contributed by atoms with E-state index < -0.39 is 0 Å². The normalized spacial score (nSPS) is 20.5. The lowest BCUT2D eigenvalue weighted by Crippen LogP contribution is -2.24. The van der Waals surface area contributed by atoms with Crippen molar-refractivity contribution >= 4 is 28.0 Å². The summed E-state index contributed by atoms with van der Waals surface area (Å²) in [6, 6.07) is 27.8. The molecule has 3 aromatic carbocycles. The van der Waals surface area contributed by atoms with E-state index in [1.54, 1.807) is 0 Å². The van der Waals surface area contributed by atoms with Crippen molar-refractivity contribution in [2.75, 3.05) is 11.4 Å². The van der Waals surface area contributed by atoms with Crippen LogP contribution in [0.4, 0.5) is 11.4 Å². The average Bonchev–Trinajstić information content (AvgIpc) is 3.47. The Morgan fingerprint density at radius 1 is 0.955 bits per heavy atom. The molecule has 0 saturated heterocycles. The summed E-state index contributed by atoms with van der Waals surface area (Å²) in [5, 5.41) is 0. The van der Waals surface area contributed by atoms with Crippen LogP contribution in [0.25, 0.3) is 16.6 Å². The number of allylic oxidation sites excluding steroid dienone is 12. The quantitative estimate of drug-likeness (QED) is 0.196. The third-order valence-corrected chi connectivity index (χ3v) is 8.96. The zero-order valence-corrected chi connectivity index (χ0v) is 25.2. The van der Waals surface area contributed by atoms with Gasteiger partial charge in [0.1, 0.15) is 5.82 Å². The minimum absolute atomic E-state index is 0.195. The third kappa shape index (κ3) is 5.16. The molecule has 3 aliphatic rings. The molecule has 0 fully saturated rings. The largest absolute Gasteiger partial charge is 0.337 e. The van der Waals surface area contributed by atoms with Gasteiger partial charge in [-0.15, -0.1) is 0 Å². The molecule has 1 aromatic heterocycles. The zero-order valence-electron chi connectivity index (χ0n) is 25.2. The average molecular weight is 572 g/mol. The Labute approximate surface area is 260 Å². The van der Waals surface area contributed by atoms with Crippen LogP contribution in [-0.2, 0) is 0 Å². The number of para-hydroxylation sites is 4. The molecule has 7 rings (SSSR count). The van der Waals surface area contributed by atoms with E-state index in [2.05, 4.69) is 157 Å². The summed E-state index contributed by atoms with van der Waals surface area (Å²) in [6.45, 7) is 11.3. The summed E-state index contributed by atoms with van der Waals surface area (Å²) >= 11 is 0. The highest BCUT2D eigenvalue weighted by molar-refractivity contribution is 5.84. The van der Waals surface area contributed by atoms with E-state index in [0.29, 0.717) is 5.92 Å². The first-order valence-electron chi connectivity index (χ1n) is 15.4. The number of hydrogen-bond donors (Lipinski definition) is 0. The Bertz CT molecular complexity index is 1920. The number of benzene rings is 3. The van der Waals surface area contributed by atoms with Gasteiger partial charge in [-0.1, -0.05) is 122 Å². The van der Waals surface area contributed by atoms with Crippen LogP contribution in [-0.4, -0.2) is 16.1 Å². The maximum atomic E-state index is 5.04. The molecule has 3 heteroatoms. The van der Waals surface area contributed by atoms with Gasteiger partial charge in [-0.05, 0) is 66.0 Å². The molecule has 2 aliphatic carbocycles. The summed E-state index contributed by atoms with van der Waals surface area (Å²) < 4.78 is 2.42. The second-order valence-corrected chi connectivity index (χ2v) is 11.8. The molecule has 4 aromatic rings. The maximum Gasteiger partial charge on any atom is 0.141 e. The van der Waals surface area contributed by atoms with Crippen LogP contribution in [0.5, 0.6) is 0 Å². The maximum absolute atomic E-state index is 5.04. The van der Waals surface area contributed by atoms with Crippen LogP contribution in [0.1, 0.15) is 23.9 Å². The molecule has 2 heterocycles. The number of aryl methyl sites for hydroxylation is 1. The minimum Gasteiger partial charge on any atom is -0.337 e. The van der Waals surface area contributed by atoms with Crippen LogP contribution in [0, 0.1) is 18.8 Å². The van der Waals surface area contributed by atoms with E-state index >= 15 is 0 Å². The Balaban J connectivity index is 1.13. The highest BCUT2D eigenvalue weighted by Gasteiger charge is 2.31. The van der Waals surface area contributed by atoms with Crippen molar-refractivity contribution < 1.29 is 0 Å². The van der Waals surface area contributed by atoms with Crippen LogP contribution in [0.3, 0.4) is 0 Å². The van der Waals surface area contributed by atoms with Crippen molar-refractivity contribution in [1.82, 2.24) is 9.55 Å². The van der Waals surface area contributed by atoms with Crippen LogP contribution in [0.15, 0.2) is 170 Å². The lowest BCUT2D eigenvalue weighted by Gasteiger charge is -2.33. The lowest BCUT2D eigenvalue weighted by molar-refractivity contribution is 0.509. The summed E-state index contributed by atoms with van der Waals surface area (Å²) in [4.78, 5) is 7.40. The van der Waals surface area contributed by atoms with Gasteiger partial charge in [0.25, 0.3) is 0 Å². The fraction of sp³-hybridized carbons (Fsp3) is 0.146. The van der Waals surface area contributed by atoms with Crippen molar-refractivity contribution in [3.05, 3.63) is 181 Å². The lowest BCUT2D eigenvalue weighted by atomic mass is 9.80. The first-order chi connectivity index (χ1) is 21.6. The summed E-state index contributed by atoms with van der Waals surface area (Å²) in [5.74, 6) is 1.62. The molecule has 0 spiro atoms. The van der Waals surface area contributed by atoms with Gasteiger partial charge < -0.3 is 9.47 Å². The number of hydrogen-bond acceptors (Lipinski definition) is 2. The number of aromatic nitrogens is 2. The van der Waals surface area contributed by atoms with E-state index in [9.17, 15) is 0 Å². The van der Waals surface area contributed by atoms with Crippen molar-refractivity contribution in [3.63, 3.8) is 0 Å². The molecule has 0 N–H and O–H groups in total. The zero-order chi connectivity index (χ0) is 30.0. The second kappa shape index (κ2) is 11.9. The van der Waals surface area contributed by atoms with E-state index in [4.69, 9.17) is 4.98 Å². The standard InChI is InChI=1S/C41H37N3/c1-4-5-14-35-26-34-25-24-33(27-40(34)44-39-19-12-10-17-37(39)42-41(35)44)32-22-20-31(21-23-32)30(3)28-43(36-15-7-6-8-16-36)38-18-11-9-13-29(38)2/h4-22,24-27,32,34,40H,1,3,23,28H2,2H3/b14-5-. The SMILES string of the molecule is C=C/C=C\C1=CC2C=CC(C3C=CC(C(=C)CN(c4ccccc4)c4ccccc4C)=CC3)=CC2n2c1nc1ccccc12. The number of fused-ring (bicyclic) bond motifs is 5. The first kappa shape index (κ1) is 27.7. The monoisotopic (exact) mass is 571 g/mol. The Kier molecular flexibility index (Phi) is 7.45. The molecule has 0 amide bonds. The number of nitrogens with zero attached hydrogens (tertiary/aromatic N) is 3. The van der Waals surface area contributed by atoms with Gasteiger partial charge in [-0.2, -0.15) is 0 Å². The fourth-order valence-electron chi connectivity index (χ4n) is 6.68. The van der Waals surface area contributed by atoms with Crippen LogP contribution in [0.2, 0.25) is 0 Å². The molecule has 0 radical (unpaired) electrons. The van der Waals surface area contributed by atoms with Crippen molar-refractivity contribution in [3.8, 4) is 0 Å². The van der Waals surface area contributed by atoms with Gasteiger partial charge in [-0.25, -0.2) is 4.98 Å². The number of imidazole rings is 1. The fourth-order valence-corrected chi connectivity index (χ4v) is 6.68. The molecule has 216 valence electrons. The van der Waals surface area contributed by atoms with Gasteiger partial charge in [0.15, 0.2) is 0 Å². The highest BCUT2D eigenvalue weighted by Crippen LogP contribution is 2.42. The molecule has 0 saturated carbocycles. The number of rotatable bonds is 8. The highest BCUT2D eigenvalue weighted by atomic mass is 15.1. The smallest absolute Gasteiger partial charge is 0.141 e. The van der Waals surface area contributed by atoms with E-state index in [-0.39, 0.29) is 12.0 Å². The molecule has 3 unspecified atom stereocenters. The van der Waals surface area contributed by atoms with Gasteiger partial charge in [0.2, 0.25) is 0 Å². The Morgan fingerprint density at radius 2 is 1.75 bits per heavy atom. The summed E-state index contributed by atoms with van der Waals surface area (Å²) in [5.41, 5.74) is 10.7. The molecule has 1 aliphatic heterocycles. The summed E-state index contributed by atoms with van der Waals surface area (Å²) in [7, 11) is 0. The van der Waals surface area contributed by atoms with Gasteiger partial charge in [-0.3, -0.25) is 0 Å². The van der Waals surface area contributed by atoms with Gasteiger partial charge >= 0.3 is 0 Å². The van der Waals surface area contributed by atoms with E-state index in [1.807, 2.05) is 12.2 Å². The predicted molar refractivity (Wildman–Crippen MR) is 186 cm³/mol. The first-order valence-corrected chi connectivity index (χ1v) is 15.4. The molecule has 3 atom stereocenters. The predicted octanol–water partition coefficient (Wildman–Crippen LogP) is 10.0. The molecular weight excluding hydrogens is 534 g/mol. The number of anilines is 2. The van der Waals surface area contributed by atoms with Crippen LogP contribution < -0.4 is 4.90 Å².